The maximum atomic E-state index is 13.0. The van der Waals surface area contributed by atoms with E-state index < -0.39 is 0 Å². The van der Waals surface area contributed by atoms with E-state index in [0.29, 0.717) is 6.42 Å². The van der Waals surface area contributed by atoms with Gasteiger partial charge < -0.3 is 10.2 Å². The molecule has 1 fully saturated rings. The summed E-state index contributed by atoms with van der Waals surface area (Å²) in [6, 6.07) is 14.1. The second kappa shape index (κ2) is 9.15. The predicted molar refractivity (Wildman–Crippen MR) is 114 cm³/mol. The number of hydrogen-bond acceptors (Lipinski definition) is 6. The number of aromatic amines is 1. The van der Waals surface area contributed by atoms with Crippen molar-refractivity contribution in [1.82, 2.24) is 25.0 Å². The summed E-state index contributed by atoms with van der Waals surface area (Å²) in [5, 5.41) is 11.2. The molecule has 0 amide bonds. The van der Waals surface area contributed by atoms with Crippen molar-refractivity contribution in [2.75, 3.05) is 38.5 Å². The summed E-state index contributed by atoms with van der Waals surface area (Å²) >= 11 is 0. The summed E-state index contributed by atoms with van der Waals surface area (Å²) in [7, 11) is 2.15. The highest BCUT2D eigenvalue weighted by Crippen LogP contribution is 2.15. The Balaban J connectivity index is 1.36. The van der Waals surface area contributed by atoms with Crippen LogP contribution in [0.2, 0.25) is 0 Å². The lowest BCUT2D eigenvalue weighted by atomic mass is 10.1. The number of nitrogens with one attached hydrogen (secondary N) is 2. The molecular weight excluding hydrogens is 383 g/mol. The summed E-state index contributed by atoms with van der Waals surface area (Å²) in [6.07, 6.45) is 0.296. The van der Waals surface area contributed by atoms with Gasteiger partial charge in [-0.15, -0.1) is 10.2 Å². The molecule has 0 atom stereocenters. The van der Waals surface area contributed by atoms with E-state index in [1.165, 1.54) is 17.7 Å². The quantitative estimate of drug-likeness (QED) is 0.652. The Kier molecular flexibility index (Phi) is 6.15. The van der Waals surface area contributed by atoms with Gasteiger partial charge in [-0.25, -0.2) is 4.39 Å². The van der Waals surface area contributed by atoms with Gasteiger partial charge in [0.15, 0.2) is 0 Å². The lowest BCUT2D eigenvalue weighted by Crippen LogP contribution is -2.43. The maximum absolute atomic E-state index is 13.0. The summed E-state index contributed by atoms with van der Waals surface area (Å²) in [4.78, 5) is 19.8. The molecule has 7 nitrogen and oxygen atoms in total. The molecule has 8 heteroatoms. The first-order valence-corrected chi connectivity index (χ1v) is 10.0. The van der Waals surface area contributed by atoms with E-state index in [1.807, 2.05) is 12.1 Å². The standard InChI is InChI=1S/C22H25FN6O/c1-28-10-12-29(13-11-28)15-17-4-8-19(9-5-17)24-22-25-21(30)20(26-27-22)14-16-2-6-18(23)7-3-16/h2-9H,10-15H2,1H3,(H2,24,25,27,30). The van der Waals surface area contributed by atoms with E-state index >= 15 is 0 Å². The van der Waals surface area contributed by atoms with E-state index in [4.69, 9.17) is 0 Å². The Labute approximate surface area is 174 Å². The fraction of sp³-hybridized carbons (Fsp3) is 0.318. The molecule has 0 aliphatic carbocycles. The second-order valence-corrected chi connectivity index (χ2v) is 7.65. The number of nitrogens with zero attached hydrogens (tertiary/aromatic N) is 4. The minimum absolute atomic E-state index is 0.287. The molecule has 1 saturated heterocycles. The van der Waals surface area contributed by atoms with E-state index in [1.54, 1.807) is 12.1 Å². The zero-order chi connectivity index (χ0) is 20.9. The zero-order valence-electron chi connectivity index (χ0n) is 16.9. The molecule has 2 aromatic carbocycles. The molecule has 3 aromatic rings. The highest BCUT2D eigenvalue weighted by atomic mass is 19.1. The van der Waals surface area contributed by atoms with E-state index in [0.717, 1.165) is 44.0 Å². The first-order chi connectivity index (χ1) is 14.5. The van der Waals surface area contributed by atoms with Crippen LogP contribution in [0.15, 0.2) is 53.3 Å². The van der Waals surface area contributed by atoms with Gasteiger partial charge in [0.05, 0.1) is 0 Å². The Hall–Kier alpha value is -3.10. The fourth-order valence-electron chi connectivity index (χ4n) is 3.42. The minimum Gasteiger partial charge on any atom is -0.324 e. The molecule has 4 rings (SSSR count). The Bertz CT molecular complexity index is 1030. The Morgan fingerprint density at radius 1 is 0.967 bits per heavy atom. The van der Waals surface area contributed by atoms with Crippen LogP contribution in [0, 0.1) is 5.82 Å². The van der Waals surface area contributed by atoms with Crippen LogP contribution >= 0.6 is 0 Å². The van der Waals surface area contributed by atoms with Crippen molar-refractivity contribution >= 4 is 11.6 Å². The van der Waals surface area contributed by atoms with Gasteiger partial charge in [-0.05, 0) is 42.4 Å². The number of rotatable bonds is 6. The van der Waals surface area contributed by atoms with Crippen LogP contribution in [-0.2, 0) is 13.0 Å². The first kappa shape index (κ1) is 20.2. The molecule has 30 heavy (non-hydrogen) atoms. The van der Waals surface area contributed by atoms with Crippen LogP contribution in [0.4, 0.5) is 16.0 Å². The van der Waals surface area contributed by atoms with Gasteiger partial charge in [0.1, 0.15) is 11.5 Å². The molecule has 0 unspecified atom stereocenters. The van der Waals surface area contributed by atoms with Crippen molar-refractivity contribution in [2.45, 2.75) is 13.0 Å². The van der Waals surface area contributed by atoms with Crippen molar-refractivity contribution < 1.29 is 4.39 Å². The van der Waals surface area contributed by atoms with Crippen molar-refractivity contribution in [3.8, 4) is 0 Å². The fourth-order valence-corrected chi connectivity index (χ4v) is 3.42. The molecular formula is C22H25FN6O. The SMILES string of the molecule is CN1CCN(Cc2ccc(Nc3nnc(Cc4ccc(F)cc4)c(=O)[nH]3)cc2)CC1. The van der Waals surface area contributed by atoms with Crippen LogP contribution in [0.3, 0.4) is 0 Å². The molecule has 1 aliphatic rings. The molecule has 0 saturated carbocycles. The van der Waals surface area contributed by atoms with Crippen molar-refractivity contribution in [1.29, 1.82) is 0 Å². The maximum Gasteiger partial charge on any atom is 0.274 e. The summed E-state index contributed by atoms with van der Waals surface area (Å²) in [5.41, 5.74) is 2.85. The predicted octanol–water partition coefficient (Wildman–Crippen LogP) is 2.39. The number of anilines is 2. The second-order valence-electron chi connectivity index (χ2n) is 7.65. The third-order valence-corrected chi connectivity index (χ3v) is 5.27. The monoisotopic (exact) mass is 408 g/mol. The third-order valence-electron chi connectivity index (χ3n) is 5.27. The third kappa shape index (κ3) is 5.28. The summed E-state index contributed by atoms with van der Waals surface area (Å²) in [5.74, 6) is -0.0254. The number of benzene rings is 2. The van der Waals surface area contributed by atoms with Crippen LogP contribution in [0.25, 0.3) is 0 Å². The normalized spacial score (nSPS) is 15.3. The van der Waals surface area contributed by atoms with Gasteiger partial charge in [-0.1, -0.05) is 24.3 Å². The number of halogens is 1. The van der Waals surface area contributed by atoms with Gasteiger partial charge in [-0.2, -0.15) is 0 Å². The Morgan fingerprint density at radius 2 is 1.63 bits per heavy atom. The molecule has 2 heterocycles. The van der Waals surface area contributed by atoms with Crippen LogP contribution < -0.4 is 10.9 Å². The first-order valence-electron chi connectivity index (χ1n) is 10.0. The summed E-state index contributed by atoms with van der Waals surface area (Å²) in [6.45, 7) is 5.30. The van der Waals surface area contributed by atoms with Crippen molar-refractivity contribution in [2.24, 2.45) is 0 Å². The Morgan fingerprint density at radius 3 is 2.30 bits per heavy atom. The highest BCUT2D eigenvalue weighted by molar-refractivity contribution is 5.53. The minimum atomic E-state index is -0.316. The molecule has 2 N–H and O–H groups in total. The lowest BCUT2D eigenvalue weighted by Gasteiger charge is -2.32. The van der Waals surface area contributed by atoms with Crippen molar-refractivity contribution in [3.05, 3.63) is 81.5 Å². The molecule has 0 radical (unpaired) electrons. The average Bonchev–Trinajstić information content (AvgIpc) is 2.75. The molecule has 0 spiro atoms. The largest absolute Gasteiger partial charge is 0.324 e. The zero-order valence-corrected chi connectivity index (χ0v) is 16.9. The molecule has 0 bridgehead atoms. The van der Waals surface area contributed by atoms with Gasteiger partial charge >= 0.3 is 0 Å². The lowest BCUT2D eigenvalue weighted by molar-refractivity contribution is 0.148. The number of aromatic nitrogens is 3. The van der Waals surface area contributed by atoms with E-state index in [9.17, 15) is 9.18 Å². The number of H-pyrrole nitrogens is 1. The molecule has 156 valence electrons. The molecule has 1 aromatic heterocycles. The van der Waals surface area contributed by atoms with Crippen molar-refractivity contribution in [3.63, 3.8) is 0 Å². The van der Waals surface area contributed by atoms with E-state index in [-0.39, 0.29) is 23.0 Å². The number of piperazine rings is 1. The number of hydrogen-bond donors (Lipinski definition) is 2. The summed E-state index contributed by atoms with van der Waals surface area (Å²) < 4.78 is 13.0. The highest BCUT2D eigenvalue weighted by Gasteiger charge is 2.13. The van der Waals surface area contributed by atoms with Crippen LogP contribution in [-0.4, -0.2) is 58.2 Å². The average molecular weight is 408 g/mol. The van der Waals surface area contributed by atoms with Gasteiger partial charge in [-0.3, -0.25) is 14.7 Å². The smallest absolute Gasteiger partial charge is 0.274 e. The van der Waals surface area contributed by atoms with Gasteiger partial charge in [0.25, 0.3) is 5.56 Å². The topological polar surface area (TPSA) is 77.2 Å². The van der Waals surface area contributed by atoms with E-state index in [2.05, 4.69) is 49.5 Å². The molecule has 1 aliphatic heterocycles. The van der Waals surface area contributed by atoms with Crippen LogP contribution in [0.1, 0.15) is 16.8 Å². The van der Waals surface area contributed by atoms with Crippen LogP contribution in [0.5, 0.6) is 0 Å². The van der Waals surface area contributed by atoms with Gasteiger partial charge in [0.2, 0.25) is 5.95 Å². The number of likely N-dealkylation sites (N-methyl/N-ethyl adjacent to an activating group) is 1. The van der Waals surface area contributed by atoms with Gasteiger partial charge in [0, 0.05) is 44.8 Å².